The van der Waals surface area contributed by atoms with Crippen LogP contribution in [0.15, 0.2) is 24.3 Å². The minimum Gasteiger partial charge on any atom is -0.426 e. The maximum absolute atomic E-state index is 11.5. The Kier molecular flexibility index (Phi) is 10.0. The second-order valence-electron chi connectivity index (χ2n) is 4.05. The van der Waals surface area contributed by atoms with Crippen LogP contribution in [0.5, 0.6) is 5.75 Å². The summed E-state index contributed by atoms with van der Waals surface area (Å²) in [7, 11) is 0. The van der Waals surface area contributed by atoms with Gasteiger partial charge in [0.25, 0.3) is 0 Å². The van der Waals surface area contributed by atoms with Crippen molar-refractivity contribution in [2.75, 3.05) is 0 Å². The Labute approximate surface area is 111 Å². The van der Waals surface area contributed by atoms with E-state index in [1.807, 2.05) is 45.0 Å². The summed E-state index contributed by atoms with van der Waals surface area (Å²) >= 11 is 0. The average Bonchev–Trinajstić information content (AvgIpc) is 2.40. The SMILES string of the molecule is CC.CCCCCCC(=O)Oc1ccccc1C. The van der Waals surface area contributed by atoms with Crippen molar-refractivity contribution in [2.24, 2.45) is 0 Å². The van der Waals surface area contributed by atoms with Crippen LogP contribution >= 0.6 is 0 Å². The van der Waals surface area contributed by atoms with Gasteiger partial charge in [-0.05, 0) is 25.0 Å². The highest BCUT2D eigenvalue weighted by Crippen LogP contribution is 2.17. The first-order valence-electron chi connectivity index (χ1n) is 7.00. The average molecular weight is 250 g/mol. The van der Waals surface area contributed by atoms with Crippen LogP contribution in [0.2, 0.25) is 0 Å². The summed E-state index contributed by atoms with van der Waals surface area (Å²) in [5.74, 6) is 0.563. The fourth-order valence-electron chi connectivity index (χ4n) is 1.54. The fourth-order valence-corrected chi connectivity index (χ4v) is 1.54. The molecule has 1 aromatic carbocycles. The van der Waals surface area contributed by atoms with Crippen molar-refractivity contribution in [1.82, 2.24) is 0 Å². The molecule has 0 spiro atoms. The number of hydrogen-bond acceptors (Lipinski definition) is 2. The third-order valence-corrected chi connectivity index (χ3v) is 2.55. The molecule has 0 fully saturated rings. The van der Waals surface area contributed by atoms with Crippen LogP contribution in [0.3, 0.4) is 0 Å². The molecule has 0 atom stereocenters. The number of para-hydroxylation sites is 1. The van der Waals surface area contributed by atoms with E-state index in [-0.39, 0.29) is 5.97 Å². The lowest BCUT2D eigenvalue weighted by atomic mass is 10.1. The molecule has 0 aliphatic rings. The van der Waals surface area contributed by atoms with Crippen LogP contribution in [0.25, 0.3) is 0 Å². The lowest BCUT2D eigenvalue weighted by molar-refractivity contribution is -0.134. The molecular formula is C16H26O2. The summed E-state index contributed by atoms with van der Waals surface area (Å²) in [6, 6.07) is 7.60. The number of carbonyl (C=O) groups excluding carboxylic acids is 1. The van der Waals surface area contributed by atoms with E-state index in [0.29, 0.717) is 12.2 Å². The number of unbranched alkanes of at least 4 members (excludes halogenated alkanes) is 3. The molecule has 0 aliphatic heterocycles. The molecule has 0 bridgehead atoms. The molecule has 102 valence electrons. The van der Waals surface area contributed by atoms with E-state index < -0.39 is 0 Å². The van der Waals surface area contributed by atoms with E-state index in [9.17, 15) is 4.79 Å². The van der Waals surface area contributed by atoms with Crippen molar-refractivity contribution in [2.45, 2.75) is 59.8 Å². The number of ether oxygens (including phenoxy) is 1. The Morgan fingerprint density at radius 2 is 1.78 bits per heavy atom. The van der Waals surface area contributed by atoms with Crippen LogP contribution in [0.1, 0.15) is 58.4 Å². The van der Waals surface area contributed by atoms with Gasteiger partial charge in [-0.2, -0.15) is 0 Å². The zero-order valence-corrected chi connectivity index (χ0v) is 12.2. The van der Waals surface area contributed by atoms with Gasteiger partial charge in [0.05, 0.1) is 0 Å². The summed E-state index contributed by atoms with van der Waals surface area (Å²) < 4.78 is 5.29. The topological polar surface area (TPSA) is 26.3 Å². The number of rotatable bonds is 6. The molecule has 2 nitrogen and oxygen atoms in total. The highest BCUT2D eigenvalue weighted by atomic mass is 16.5. The van der Waals surface area contributed by atoms with E-state index in [0.717, 1.165) is 18.4 Å². The first-order valence-corrected chi connectivity index (χ1v) is 7.00. The fraction of sp³-hybridized carbons (Fsp3) is 0.562. The van der Waals surface area contributed by atoms with Gasteiger partial charge in [0.1, 0.15) is 5.75 Å². The molecule has 0 saturated carbocycles. The number of esters is 1. The van der Waals surface area contributed by atoms with E-state index in [1.54, 1.807) is 0 Å². The van der Waals surface area contributed by atoms with Gasteiger partial charge in [-0.15, -0.1) is 0 Å². The molecular weight excluding hydrogens is 224 g/mol. The predicted molar refractivity (Wildman–Crippen MR) is 76.9 cm³/mol. The highest BCUT2D eigenvalue weighted by molar-refractivity contribution is 5.72. The smallest absolute Gasteiger partial charge is 0.311 e. The molecule has 2 heteroatoms. The molecule has 18 heavy (non-hydrogen) atoms. The zero-order chi connectivity index (χ0) is 13.8. The molecule has 0 aliphatic carbocycles. The van der Waals surface area contributed by atoms with Crippen molar-refractivity contribution in [3.8, 4) is 5.75 Å². The van der Waals surface area contributed by atoms with Crippen LogP contribution in [-0.4, -0.2) is 5.97 Å². The van der Waals surface area contributed by atoms with Crippen molar-refractivity contribution in [1.29, 1.82) is 0 Å². The third-order valence-electron chi connectivity index (χ3n) is 2.55. The molecule has 0 aromatic heterocycles. The second-order valence-corrected chi connectivity index (χ2v) is 4.05. The highest BCUT2D eigenvalue weighted by Gasteiger charge is 2.05. The molecule has 1 aromatic rings. The Morgan fingerprint density at radius 3 is 2.39 bits per heavy atom. The summed E-state index contributed by atoms with van der Waals surface area (Å²) in [6.07, 6.45) is 4.94. The Balaban J connectivity index is 0.00000137. The predicted octanol–water partition coefficient (Wildman–Crippen LogP) is 4.90. The monoisotopic (exact) mass is 250 g/mol. The van der Waals surface area contributed by atoms with Crippen molar-refractivity contribution in [3.05, 3.63) is 29.8 Å². The van der Waals surface area contributed by atoms with Gasteiger partial charge in [-0.3, -0.25) is 4.79 Å². The number of aryl methyl sites for hydroxylation is 1. The Morgan fingerprint density at radius 1 is 1.11 bits per heavy atom. The summed E-state index contributed by atoms with van der Waals surface area (Å²) in [6.45, 7) is 8.10. The zero-order valence-electron chi connectivity index (χ0n) is 12.2. The lowest BCUT2D eigenvalue weighted by Gasteiger charge is -2.06. The maximum Gasteiger partial charge on any atom is 0.311 e. The quantitative estimate of drug-likeness (QED) is 0.408. The summed E-state index contributed by atoms with van der Waals surface area (Å²) in [5.41, 5.74) is 1.00. The van der Waals surface area contributed by atoms with E-state index in [1.165, 1.54) is 12.8 Å². The molecule has 0 saturated heterocycles. The first kappa shape index (κ1) is 16.7. The minimum atomic E-state index is -0.120. The van der Waals surface area contributed by atoms with Gasteiger partial charge < -0.3 is 4.74 Å². The van der Waals surface area contributed by atoms with E-state index >= 15 is 0 Å². The number of hydrogen-bond donors (Lipinski definition) is 0. The van der Waals surface area contributed by atoms with Crippen LogP contribution < -0.4 is 4.74 Å². The van der Waals surface area contributed by atoms with Gasteiger partial charge in [-0.1, -0.05) is 58.2 Å². The molecule has 0 N–H and O–H groups in total. The number of carbonyl (C=O) groups is 1. The molecule has 0 radical (unpaired) electrons. The molecule has 0 amide bonds. The van der Waals surface area contributed by atoms with Gasteiger partial charge in [0.2, 0.25) is 0 Å². The normalized spacial score (nSPS) is 9.33. The van der Waals surface area contributed by atoms with Crippen molar-refractivity contribution >= 4 is 5.97 Å². The standard InChI is InChI=1S/C14H20O2.C2H6/c1-3-4-5-6-11-14(15)16-13-10-8-7-9-12(13)2;1-2/h7-10H,3-6,11H2,1-2H3;1-2H3. The van der Waals surface area contributed by atoms with Gasteiger partial charge >= 0.3 is 5.97 Å². The minimum absolute atomic E-state index is 0.120. The number of benzene rings is 1. The second kappa shape index (κ2) is 10.8. The van der Waals surface area contributed by atoms with Crippen LogP contribution in [-0.2, 0) is 4.79 Å². The van der Waals surface area contributed by atoms with Gasteiger partial charge in [0, 0.05) is 6.42 Å². The van der Waals surface area contributed by atoms with Crippen molar-refractivity contribution < 1.29 is 9.53 Å². The summed E-state index contributed by atoms with van der Waals surface area (Å²) in [4.78, 5) is 11.5. The lowest BCUT2D eigenvalue weighted by Crippen LogP contribution is -2.08. The molecule has 0 heterocycles. The Bertz CT molecular complexity index is 332. The van der Waals surface area contributed by atoms with Gasteiger partial charge in [-0.25, -0.2) is 0 Å². The third kappa shape index (κ3) is 7.10. The Hall–Kier alpha value is -1.31. The van der Waals surface area contributed by atoms with Crippen LogP contribution in [0.4, 0.5) is 0 Å². The largest absolute Gasteiger partial charge is 0.426 e. The first-order chi connectivity index (χ1) is 8.74. The van der Waals surface area contributed by atoms with E-state index in [4.69, 9.17) is 4.74 Å². The van der Waals surface area contributed by atoms with Gasteiger partial charge in [0.15, 0.2) is 0 Å². The molecule has 0 unspecified atom stereocenters. The maximum atomic E-state index is 11.5. The van der Waals surface area contributed by atoms with Crippen LogP contribution in [0, 0.1) is 6.92 Å². The molecule has 1 rings (SSSR count). The summed E-state index contributed by atoms with van der Waals surface area (Å²) in [5, 5.41) is 0. The van der Waals surface area contributed by atoms with E-state index in [2.05, 4.69) is 6.92 Å². The van der Waals surface area contributed by atoms with Crippen molar-refractivity contribution in [3.63, 3.8) is 0 Å².